The molecule has 0 fully saturated rings. The Bertz CT molecular complexity index is 4860. The molecule has 16 rings (SSSR count). The number of pyridine rings is 1. The summed E-state index contributed by atoms with van der Waals surface area (Å²) in [4.78, 5) is 10.6. The topological polar surface area (TPSA) is 33.0 Å². The summed E-state index contributed by atoms with van der Waals surface area (Å²) < 4.78 is 9.61. The number of aryl methyl sites for hydroxylation is 3. The number of para-hydroxylation sites is 3. The predicted molar refractivity (Wildman–Crippen MR) is 335 cm³/mol. The molecule has 0 aliphatic carbocycles. The fourth-order valence-corrected chi connectivity index (χ4v) is 13.6. The Morgan fingerprint density at radius 3 is 1.56 bits per heavy atom. The van der Waals surface area contributed by atoms with Crippen LogP contribution in [0.1, 0.15) is 16.7 Å². The van der Waals surface area contributed by atoms with Gasteiger partial charge in [-0.25, -0.2) is 4.98 Å². The SMILES string of the molecule is Cc1cc(C)c(-c2cnc3c(c2)c2ccccc2c2ccccc2c2cccc4c5ccc(Oc6ccc7c(c6)N6CN(c8c(-c9ccccc9)cccc8-c8ccccc8)c8cccc(c86)-c6ccccc6-7)cc5n3c24)c(C)c1. The van der Waals surface area contributed by atoms with Gasteiger partial charge in [0.05, 0.1) is 33.8 Å². The van der Waals surface area contributed by atoms with Crippen LogP contribution in [0.5, 0.6) is 11.5 Å². The van der Waals surface area contributed by atoms with Gasteiger partial charge in [-0.05, 0) is 118 Å². The number of ether oxygens (including phenoxy) is 1. The first-order valence-electron chi connectivity index (χ1n) is 27.6. The number of hydrogen-bond acceptors (Lipinski definition) is 4. The Hall–Kier alpha value is -10.2. The molecule has 80 heavy (non-hydrogen) atoms. The highest BCUT2D eigenvalue weighted by Gasteiger charge is 2.37. The summed E-state index contributed by atoms with van der Waals surface area (Å²) in [6.07, 6.45) is 2.08. The summed E-state index contributed by atoms with van der Waals surface area (Å²) >= 11 is 0. The third-order valence-electron chi connectivity index (χ3n) is 16.9. The number of anilines is 4. The van der Waals surface area contributed by atoms with Gasteiger partial charge in [-0.15, -0.1) is 0 Å². The number of aromatic nitrogens is 2. The maximum atomic E-state index is 7.21. The van der Waals surface area contributed by atoms with E-state index in [-0.39, 0.29) is 0 Å². The number of hydrogen-bond donors (Lipinski definition) is 0. The first-order chi connectivity index (χ1) is 39.4. The lowest BCUT2D eigenvalue weighted by atomic mass is 9.93. The molecule has 0 saturated carbocycles. The Kier molecular flexibility index (Phi) is 10.3. The lowest BCUT2D eigenvalue weighted by molar-refractivity contribution is 0.483. The molecule has 14 aromatic rings. The van der Waals surface area contributed by atoms with Gasteiger partial charge in [0.15, 0.2) is 0 Å². The van der Waals surface area contributed by atoms with Crippen molar-refractivity contribution in [3.05, 3.63) is 266 Å². The number of benzene rings is 11. The largest absolute Gasteiger partial charge is 0.457 e. The zero-order valence-corrected chi connectivity index (χ0v) is 44.6. The van der Waals surface area contributed by atoms with Crippen LogP contribution in [0, 0.1) is 20.8 Å². The average Bonchev–Trinajstić information content (AvgIpc) is 4.22. The third kappa shape index (κ3) is 7.00. The van der Waals surface area contributed by atoms with Crippen LogP contribution in [0.4, 0.5) is 22.7 Å². The number of fused-ring (bicyclic) bond motifs is 15. The first-order valence-corrected chi connectivity index (χ1v) is 27.6. The van der Waals surface area contributed by atoms with E-state index in [0.29, 0.717) is 6.67 Å². The van der Waals surface area contributed by atoms with Crippen molar-refractivity contribution >= 4 is 82.5 Å². The summed E-state index contributed by atoms with van der Waals surface area (Å²) in [6.45, 7) is 7.20. The minimum Gasteiger partial charge on any atom is -0.457 e. The van der Waals surface area contributed by atoms with Crippen molar-refractivity contribution in [1.82, 2.24) is 9.38 Å². The second kappa shape index (κ2) is 17.9. The van der Waals surface area contributed by atoms with E-state index in [0.717, 1.165) is 77.6 Å². The fourth-order valence-electron chi connectivity index (χ4n) is 13.6. The molecule has 378 valence electrons. The van der Waals surface area contributed by atoms with Gasteiger partial charge < -0.3 is 14.5 Å². The molecule has 5 nitrogen and oxygen atoms in total. The highest BCUT2D eigenvalue weighted by Crippen LogP contribution is 2.58. The smallest absolute Gasteiger partial charge is 0.145 e. The highest BCUT2D eigenvalue weighted by molar-refractivity contribution is 6.25. The van der Waals surface area contributed by atoms with E-state index >= 15 is 0 Å². The van der Waals surface area contributed by atoms with E-state index in [1.54, 1.807) is 0 Å². The van der Waals surface area contributed by atoms with Crippen LogP contribution in [-0.2, 0) is 0 Å². The molecule has 0 atom stereocenters. The summed E-state index contributed by atoms with van der Waals surface area (Å²) in [5.74, 6) is 1.50. The maximum Gasteiger partial charge on any atom is 0.145 e. The zero-order valence-electron chi connectivity index (χ0n) is 44.6. The van der Waals surface area contributed by atoms with Crippen molar-refractivity contribution < 1.29 is 4.74 Å². The fraction of sp³-hybridized carbons (Fsp3) is 0.0533. The van der Waals surface area contributed by atoms with Gasteiger partial charge in [0.1, 0.15) is 23.8 Å². The molecule has 5 heterocycles. The molecule has 2 aliphatic heterocycles. The molecule has 0 spiro atoms. The quantitative estimate of drug-likeness (QED) is 0.166. The second-order valence-electron chi connectivity index (χ2n) is 21.6. The van der Waals surface area contributed by atoms with Gasteiger partial charge in [0.25, 0.3) is 0 Å². The van der Waals surface area contributed by atoms with E-state index in [1.807, 2.05) is 0 Å². The molecule has 0 bridgehead atoms. The summed E-state index contributed by atoms with van der Waals surface area (Å²) in [6, 6.07) is 88.6. The number of rotatable bonds is 6. The zero-order chi connectivity index (χ0) is 53.2. The van der Waals surface area contributed by atoms with Crippen LogP contribution in [0.2, 0.25) is 0 Å². The number of nitrogens with zero attached hydrogens (tertiary/aromatic N) is 4. The maximum absolute atomic E-state index is 7.21. The monoisotopic (exact) mass is 1020 g/mol. The standard InChI is InChI=1S/C75H52N4O/c1-46-39-47(2)71(48(3)40-46)51-41-67-61-28-15-11-24-57(61)56-23-10-13-26-59(56)64-31-17-32-66-63-38-36-53(43-70(63)79(73(64)66)75(67)76-44-51)80-52-35-37-62-58-25-12-14-27-60(58)65-33-18-34-68-74(65)78(69(62)42-52)45-77(68)72-54(49-19-6-4-7-20-49)29-16-30-55(72)50-21-8-5-9-22-50/h4-44H,45H2,1-3H3. The van der Waals surface area contributed by atoms with Crippen molar-refractivity contribution in [3.8, 4) is 67.1 Å². The van der Waals surface area contributed by atoms with E-state index in [9.17, 15) is 0 Å². The van der Waals surface area contributed by atoms with Crippen LogP contribution in [-0.4, -0.2) is 16.1 Å². The molecule has 0 N–H and O–H groups in total. The molecular formula is C75H52N4O. The van der Waals surface area contributed by atoms with E-state index in [2.05, 4.69) is 284 Å². The van der Waals surface area contributed by atoms with Gasteiger partial charge in [-0.2, -0.15) is 0 Å². The lowest BCUT2D eigenvalue weighted by Gasteiger charge is -2.28. The van der Waals surface area contributed by atoms with Crippen molar-refractivity contribution in [3.63, 3.8) is 0 Å². The summed E-state index contributed by atoms with van der Waals surface area (Å²) in [5, 5.41) is 9.21. The van der Waals surface area contributed by atoms with Gasteiger partial charge in [0.2, 0.25) is 0 Å². The Morgan fingerprint density at radius 2 is 0.875 bits per heavy atom. The lowest BCUT2D eigenvalue weighted by Crippen LogP contribution is -2.25. The molecular weight excluding hydrogens is 973 g/mol. The molecule has 5 heteroatoms. The van der Waals surface area contributed by atoms with Crippen LogP contribution in [0.3, 0.4) is 0 Å². The molecule has 11 aromatic carbocycles. The summed E-state index contributed by atoms with van der Waals surface area (Å²) in [5.41, 5.74) is 23.2. The van der Waals surface area contributed by atoms with Crippen molar-refractivity contribution in [2.24, 2.45) is 0 Å². The predicted octanol–water partition coefficient (Wildman–Crippen LogP) is 20.3. The van der Waals surface area contributed by atoms with Crippen LogP contribution >= 0.6 is 0 Å². The normalized spacial score (nSPS) is 12.6. The summed E-state index contributed by atoms with van der Waals surface area (Å²) in [7, 11) is 0. The van der Waals surface area contributed by atoms with E-state index < -0.39 is 0 Å². The first kappa shape index (κ1) is 45.9. The Labute approximate surface area is 464 Å². The van der Waals surface area contributed by atoms with Gasteiger partial charge in [-0.1, -0.05) is 200 Å². The Balaban J connectivity index is 0.901. The minimum absolute atomic E-state index is 0.596. The van der Waals surface area contributed by atoms with Crippen LogP contribution in [0.25, 0.3) is 115 Å². The van der Waals surface area contributed by atoms with Crippen molar-refractivity contribution in [2.75, 3.05) is 16.5 Å². The molecule has 0 amide bonds. The van der Waals surface area contributed by atoms with Crippen molar-refractivity contribution in [1.29, 1.82) is 0 Å². The highest BCUT2D eigenvalue weighted by atomic mass is 16.5. The molecule has 2 aliphatic rings. The van der Waals surface area contributed by atoms with Gasteiger partial charge in [-0.3, -0.25) is 4.40 Å². The molecule has 0 unspecified atom stereocenters. The third-order valence-corrected chi connectivity index (χ3v) is 16.9. The minimum atomic E-state index is 0.596. The van der Waals surface area contributed by atoms with Gasteiger partial charge >= 0.3 is 0 Å². The van der Waals surface area contributed by atoms with Crippen molar-refractivity contribution in [2.45, 2.75) is 20.8 Å². The van der Waals surface area contributed by atoms with E-state index in [4.69, 9.17) is 9.72 Å². The van der Waals surface area contributed by atoms with Crippen LogP contribution in [0.15, 0.2) is 249 Å². The average molecular weight is 1030 g/mol. The Morgan fingerprint density at radius 1 is 0.362 bits per heavy atom. The molecule has 0 radical (unpaired) electrons. The van der Waals surface area contributed by atoms with E-state index in [1.165, 1.54) is 88.7 Å². The van der Waals surface area contributed by atoms with Gasteiger partial charge in [0, 0.05) is 67.7 Å². The molecule has 3 aromatic heterocycles. The molecule has 0 saturated heterocycles. The second-order valence-corrected chi connectivity index (χ2v) is 21.6. The van der Waals surface area contributed by atoms with Crippen LogP contribution < -0.4 is 14.5 Å².